The average molecular weight is 359 g/mol. The van der Waals surface area contributed by atoms with Crippen LogP contribution in [0.5, 0.6) is 0 Å². The lowest BCUT2D eigenvalue weighted by Crippen LogP contribution is -2.51. The highest BCUT2D eigenvalue weighted by Gasteiger charge is 2.34. The van der Waals surface area contributed by atoms with Crippen LogP contribution in [-0.4, -0.2) is 43.9 Å². The van der Waals surface area contributed by atoms with Gasteiger partial charge in [0.05, 0.1) is 11.7 Å². The Morgan fingerprint density at radius 3 is 2.50 bits per heavy atom. The smallest absolute Gasteiger partial charge is 0.422 e. The number of amides is 1. The van der Waals surface area contributed by atoms with Crippen LogP contribution in [0, 0.1) is 0 Å². The number of rotatable bonds is 4. The Morgan fingerprint density at radius 2 is 2.00 bits per heavy atom. The van der Waals surface area contributed by atoms with Crippen molar-refractivity contribution in [2.45, 2.75) is 45.3 Å². The Labute approximate surface area is 142 Å². The van der Waals surface area contributed by atoms with E-state index in [9.17, 15) is 13.2 Å². The van der Waals surface area contributed by atoms with E-state index in [4.69, 9.17) is 9.47 Å². The van der Waals surface area contributed by atoms with Crippen LogP contribution < -0.4 is 9.03 Å². The summed E-state index contributed by atoms with van der Waals surface area (Å²) in [7, 11) is -2.29. The zero-order valence-corrected chi connectivity index (χ0v) is 15.3. The highest BCUT2D eigenvalue weighted by molar-refractivity contribution is 7.91. The molecule has 0 atom stereocenters. The van der Waals surface area contributed by atoms with E-state index in [2.05, 4.69) is 0 Å². The molecular formula is C15H25N3O5S. The third-order valence-corrected chi connectivity index (χ3v) is 4.91. The lowest BCUT2D eigenvalue weighted by atomic mass is 10.1. The van der Waals surface area contributed by atoms with Crippen molar-refractivity contribution in [2.75, 3.05) is 17.5 Å². The van der Waals surface area contributed by atoms with E-state index in [-0.39, 0.29) is 6.04 Å². The minimum absolute atomic E-state index is 0.277. The normalized spacial score (nSPS) is 16.7. The zero-order valence-electron chi connectivity index (χ0n) is 14.5. The molecule has 1 amide bonds. The van der Waals surface area contributed by atoms with Crippen molar-refractivity contribution in [1.29, 1.82) is 0 Å². The first-order valence-electron chi connectivity index (χ1n) is 7.83. The molecule has 0 radical (unpaired) electrons. The molecule has 1 aliphatic heterocycles. The summed E-state index contributed by atoms with van der Waals surface area (Å²) in [4.78, 5) is 11.9. The minimum Gasteiger partial charge on any atom is -0.443 e. The first-order chi connectivity index (χ1) is 11.1. The molecule has 9 heteroatoms. The van der Waals surface area contributed by atoms with Gasteiger partial charge < -0.3 is 14.0 Å². The second kappa shape index (κ2) is 7.02. The second-order valence-corrected chi connectivity index (χ2v) is 8.33. The monoisotopic (exact) mass is 359 g/mol. The number of nitrogens with one attached hydrogen (secondary N) is 1. The molecule has 2 rings (SSSR count). The van der Waals surface area contributed by atoms with Gasteiger partial charge in [-0.25, -0.2) is 13.8 Å². The van der Waals surface area contributed by atoms with Gasteiger partial charge in [0.15, 0.2) is 0 Å². The van der Waals surface area contributed by atoms with Gasteiger partial charge >= 0.3 is 16.3 Å². The predicted octanol–water partition coefficient (Wildman–Crippen LogP) is 1.78. The number of hydrogen-bond acceptors (Lipinski definition) is 5. The van der Waals surface area contributed by atoms with Gasteiger partial charge in [0, 0.05) is 32.7 Å². The van der Waals surface area contributed by atoms with Crippen LogP contribution in [0.25, 0.3) is 0 Å². The number of carbonyl (C=O) groups is 1. The first kappa shape index (κ1) is 18.6. The third-order valence-electron chi connectivity index (χ3n) is 3.46. The van der Waals surface area contributed by atoms with Crippen LogP contribution in [0.2, 0.25) is 0 Å². The molecule has 0 bridgehead atoms. The molecule has 136 valence electrons. The van der Waals surface area contributed by atoms with Crippen LogP contribution in [-0.2, 0) is 26.7 Å². The first-order valence-corrected chi connectivity index (χ1v) is 9.27. The lowest BCUT2D eigenvalue weighted by Gasteiger charge is -2.34. The molecule has 0 spiro atoms. The van der Waals surface area contributed by atoms with Crippen LogP contribution in [0.15, 0.2) is 18.5 Å². The van der Waals surface area contributed by atoms with Crippen LogP contribution in [0.4, 0.5) is 10.5 Å². The zero-order chi connectivity index (χ0) is 18.0. The summed E-state index contributed by atoms with van der Waals surface area (Å²) in [6, 6.07) is 1.42. The predicted molar refractivity (Wildman–Crippen MR) is 90.0 cm³/mol. The molecule has 1 fully saturated rings. The highest BCUT2D eigenvalue weighted by atomic mass is 32.2. The van der Waals surface area contributed by atoms with E-state index >= 15 is 0 Å². The minimum atomic E-state index is -4.09. The van der Waals surface area contributed by atoms with Crippen molar-refractivity contribution < 1.29 is 22.7 Å². The molecule has 0 aromatic carbocycles. The number of aromatic nitrogens is 1. The average Bonchev–Trinajstić information content (AvgIpc) is 2.82. The molecular weight excluding hydrogens is 334 g/mol. The van der Waals surface area contributed by atoms with Gasteiger partial charge in [0.1, 0.15) is 5.60 Å². The van der Waals surface area contributed by atoms with Crippen molar-refractivity contribution >= 4 is 22.0 Å². The molecule has 0 saturated carbocycles. The third kappa shape index (κ3) is 4.88. The number of carbonyl (C=O) groups excluding carboxylic acids is 1. The molecule has 1 N–H and O–H groups in total. The van der Waals surface area contributed by atoms with E-state index in [1.807, 2.05) is 4.72 Å². The van der Waals surface area contributed by atoms with Gasteiger partial charge in [0.25, 0.3) is 0 Å². The molecule has 1 aromatic rings. The van der Waals surface area contributed by atoms with Gasteiger partial charge in [-0.3, -0.25) is 0 Å². The molecule has 8 nitrogen and oxygen atoms in total. The Kier molecular flexibility index (Phi) is 5.44. The molecule has 2 heterocycles. The highest BCUT2D eigenvalue weighted by Crippen LogP contribution is 2.26. The van der Waals surface area contributed by atoms with E-state index < -0.39 is 21.9 Å². The largest absolute Gasteiger partial charge is 0.443 e. The summed E-state index contributed by atoms with van der Waals surface area (Å²) in [6.45, 7) is 5.98. The number of aryl methyl sites for hydroxylation is 1. The number of nitrogens with zero attached hydrogens (tertiary/aromatic N) is 2. The number of anilines is 1. The maximum atomic E-state index is 12.8. The van der Waals surface area contributed by atoms with Crippen molar-refractivity contribution in [2.24, 2.45) is 7.05 Å². The van der Waals surface area contributed by atoms with E-state index in [1.165, 1.54) is 4.31 Å². The van der Waals surface area contributed by atoms with Crippen molar-refractivity contribution in [3.8, 4) is 0 Å². The molecule has 24 heavy (non-hydrogen) atoms. The Balaban J connectivity index is 2.26. The molecule has 0 aliphatic carbocycles. The van der Waals surface area contributed by atoms with E-state index in [0.717, 1.165) is 0 Å². The van der Waals surface area contributed by atoms with Gasteiger partial charge in [-0.15, -0.1) is 0 Å². The summed E-state index contributed by atoms with van der Waals surface area (Å²) >= 11 is 0. The summed E-state index contributed by atoms with van der Waals surface area (Å²) in [5.74, 6) is 0. The fraction of sp³-hybridized carbons (Fsp3) is 0.667. The van der Waals surface area contributed by atoms with Crippen LogP contribution in [0.3, 0.4) is 0 Å². The summed E-state index contributed by atoms with van der Waals surface area (Å²) < 4.78 is 41.0. The fourth-order valence-corrected chi connectivity index (χ4v) is 3.88. The summed E-state index contributed by atoms with van der Waals surface area (Å²) in [5.41, 5.74) is -0.281. The fourth-order valence-electron chi connectivity index (χ4n) is 2.54. The number of hydrogen-bond donors (Lipinski definition) is 1. The number of ether oxygens (including phenoxy) is 2. The van der Waals surface area contributed by atoms with Crippen molar-refractivity contribution in [1.82, 2.24) is 9.29 Å². The van der Waals surface area contributed by atoms with Gasteiger partial charge in [-0.2, -0.15) is 8.42 Å². The Bertz CT molecular complexity index is 672. The van der Waals surface area contributed by atoms with E-state index in [1.54, 1.807) is 50.8 Å². The standard InChI is InChI=1S/C15H25N3O5S/c1-15(2,3)23-14(19)16-24(20,21)18(12-6-9-22-10-7-12)13-5-8-17(4)11-13/h5,8,11-12H,6-7,9-10H2,1-4H3,(H,16,19). The van der Waals surface area contributed by atoms with Crippen LogP contribution >= 0.6 is 0 Å². The molecule has 1 saturated heterocycles. The SMILES string of the molecule is Cn1ccc(N(C2CCOCC2)S(=O)(=O)NC(=O)OC(C)(C)C)c1. The van der Waals surface area contributed by atoms with Crippen molar-refractivity contribution in [3.63, 3.8) is 0 Å². The van der Waals surface area contributed by atoms with Gasteiger partial charge in [0.2, 0.25) is 0 Å². The van der Waals surface area contributed by atoms with Gasteiger partial charge in [-0.1, -0.05) is 0 Å². The Morgan fingerprint density at radius 1 is 1.38 bits per heavy atom. The maximum absolute atomic E-state index is 12.8. The van der Waals surface area contributed by atoms with E-state index in [0.29, 0.717) is 31.7 Å². The van der Waals surface area contributed by atoms with Crippen LogP contribution in [0.1, 0.15) is 33.6 Å². The second-order valence-electron chi connectivity index (χ2n) is 6.78. The maximum Gasteiger partial charge on any atom is 0.422 e. The summed E-state index contributed by atoms with van der Waals surface area (Å²) in [6.07, 6.45) is 3.58. The quantitative estimate of drug-likeness (QED) is 0.885. The Hall–Kier alpha value is -1.74. The summed E-state index contributed by atoms with van der Waals surface area (Å²) in [5, 5.41) is 0. The lowest BCUT2D eigenvalue weighted by molar-refractivity contribution is 0.0569. The van der Waals surface area contributed by atoms with Gasteiger partial charge in [-0.05, 0) is 39.7 Å². The molecule has 1 aliphatic rings. The molecule has 1 aromatic heterocycles. The van der Waals surface area contributed by atoms with Crippen molar-refractivity contribution in [3.05, 3.63) is 18.5 Å². The molecule has 0 unspecified atom stereocenters. The topological polar surface area (TPSA) is 89.9 Å².